The first-order valence-corrected chi connectivity index (χ1v) is 5.77. The minimum absolute atomic E-state index is 0.0687. The number of rotatable bonds is 1. The summed E-state index contributed by atoms with van der Waals surface area (Å²) >= 11 is 0. The molecule has 0 saturated heterocycles. The van der Waals surface area contributed by atoms with Crippen LogP contribution in [0.15, 0.2) is 0 Å². The van der Waals surface area contributed by atoms with Crippen molar-refractivity contribution in [1.82, 2.24) is 0 Å². The number of ketones is 1. The highest BCUT2D eigenvalue weighted by atomic mass is 16.7. The summed E-state index contributed by atoms with van der Waals surface area (Å²) < 4.78 is 11.6. The van der Waals surface area contributed by atoms with Gasteiger partial charge in [-0.3, -0.25) is 4.79 Å². The molecule has 1 aromatic rings. The molecule has 1 heterocycles. The molecule has 3 nitrogen and oxygen atoms in total. The van der Waals surface area contributed by atoms with Gasteiger partial charge < -0.3 is 9.47 Å². The van der Waals surface area contributed by atoms with E-state index in [1.54, 1.807) is 6.92 Å². The van der Waals surface area contributed by atoms with Crippen LogP contribution in [-0.4, -0.2) is 11.6 Å². The lowest BCUT2D eigenvalue weighted by Crippen LogP contribution is -2.30. The van der Waals surface area contributed by atoms with Gasteiger partial charge in [-0.15, -0.1) is 0 Å². The summed E-state index contributed by atoms with van der Waals surface area (Å²) in [4.78, 5) is 11.7. The molecule has 0 aromatic heterocycles. The Labute approximate surface area is 102 Å². The van der Waals surface area contributed by atoms with Gasteiger partial charge in [0.1, 0.15) is 0 Å². The molecule has 0 amide bonds. The van der Waals surface area contributed by atoms with Crippen LogP contribution in [0.1, 0.15) is 47.8 Å². The van der Waals surface area contributed by atoms with E-state index >= 15 is 0 Å². The van der Waals surface area contributed by atoms with Crippen LogP contribution in [0.3, 0.4) is 0 Å². The molecular formula is C14H18O3. The fourth-order valence-corrected chi connectivity index (χ4v) is 2.38. The number of hydrogen-bond acceptors (Lipinski definition) is 3. The fraction of sp³-hybridized carbons (Fsp3) is 0.500. The molecule has 1 aliphatic rings. The molecule has 0 fully saturated rings. The molecule has 1 aliphatic heterocycles. The third-order valence-corrected chi connectivity index (χ3v) is 3.25. The summed E-state index contributed by atoms with van der Waals surface area (Å²) in [6.45, 7) is 11.1. The third-order valence-electron chi connectivity index (χ3n) is 3.25. The molecule has 0 aliphatic carbocycles. The SMILES string of the molecule is CC(=O)c1c(C)c(C)c2c(c1C)OC(C)(C)O2. The molecule has 0 atom stereocenters. The van der Waals surface area contributed by atoms with Gasteiger partial charge in [0.25, 0.3) is 0 Å². The van der Waals surface area contributed by atoms with Gasteiger partial charge in [0.15, 0.2) is 17.3 Å². The minimum Gasteiger partial charge on any atom is -0.449 e. The number of hydrogen-bond donors (Lipinski definition) is 0. The fourth-order valence-electron chi connectivity index (χ4n) is 2.38. The van der Waals surface area contributed by atoms with Gasteiger partial charge in [-0.25, -0.2) is 0 Å². The van der Waals surface area contributed by atoms with E-state index in [1.165, 1.54) is 0 Å². The molecule has 2 rings (SSSR count). The second kappa shape index (κ2) is 3.49. The van der Waals surface area contributed by atoms with E-state index in [4.69, 9.17) is 9.47 Å². The molecule has 0 spiro atoms. The van der Waals surface area contributed by atoms with Crippen molar-refractivity contribution < 1.29 is 14.3 Å². The van der Waals surface area contributed by atoms with Crippen molar-refractivity contribution in [1.29, 1.82) is 0 Å². The molecule has 17 heavy (non-hydrogen) atoms. The highest BCUT2D eigenvalue weighted by Crippen LogP contribution is 2.46. The summed E-state index contributed by atoms with van der Waals surface area (Å²) in [7, 11) is 0. The lowest BCUT2D eigenvalue weighted by molar-refractivity contribution is -0.0436. The number of ether oxygens (including phenoxy) is 2. The average molecular weight is 234 g/mol. The number of benzene rings is 1. The topological polar surface area (TPSA) is 35.5 Å². The van der Waals surface area contributed by atoms with Crippen LogP contribution in [0.4, 0.5) is 0 Å². The zero-order valence-corrected chi connectivity index (χ0v) is 11.2. The monoisotopic (exact) mass is 234 g/mol. The van der Waals surface area contributed by atoms with Crippen molar-refractivity contribution >= 4 is 5.78 Å². The van der Waals surface area contributed by atoms with Gasteiger partial charge in [0.05, 0.1) is 0 Å². The van der Waals surface area contributed by atoms with Crippen molar-refractivity contribution in [2.75, 3.05) is 0 Å². The highest BCUT2D eigenvalue weighted by Gasteiger charge is 2.36. The summed E-state index contributed by atoms with van der Waals surface area (Å²) in [6, 6.07) is 0. The van der Waals surface area contributed by atoms with E-state index in [2.05, 4.69) is 0 Å². The zero-order chi connectivity index (χ0) is 13.0. The molecule has 0 bridgehead atoms. The number of Topliss-reactive ketones (excluding diaryl/α,β-unsaturated/α-hetero) is 1. The Morgan fingerprint density at radius 3 is 1.88 bits per heavy atom. The molecule has 3 heteroatoms. The van der Waals surface area contributed by atoms with Crippen LogP contribution in [0, 0.1) is 20.8 Å². The summed E-state index contributed by atoms with van der Waals surface area (Å²) in [5.41, 5.74) is 3.60. The molecule has 0 N–H and O–H groups in total. The Bertz CT molecular complexity index is 513. The van der Waals surface area contributed by atoms with Gasteiger partial charge >= 0.3 is 0 Å². The zero-order valence-electron chi connectivity index (χ0n) is 11.2. The summed E-state index contributed by atoms with van der Waals surface area (Å²) in [5, 5.41) is 0. The standard InChI is InChI=1S/C14H18O3/c1-7-8(2)12-13(17-14(5,6)16-12)9(3)11(7)10(4)15/h1-6H3. The average Bonchev–Trinajstić information content (AvgIpc) is 2.51. The maximum Gasteiger partial charge on any atom is 0.246 e. The quantitative estimate of drug-likeness (QED) is 0.699. The van der Waals surface area contributed by atoms with Crippen LogP contribution in [0.25, 0.3) is 0 Å². The molecule has 1 aromatic carbocycles. The largest absolute Gasteiger partial charge is 0.449 e. The van der Waals surface area contributed by atoms with E-state index in [1.807, 2.05) is 34.6 Å². The lowest BCUT2D eigenvalue weighted by atomic mass is 9.94. The van der Waals surface area contributed by atoms with Crippen LogP contribution in [-0.2, 0) is 0 Å². The molecule has 0 radical (unpaired) electrons. The Balaban J connectivity index is 2.74. The van der Waals surface area contributed by atoms with Crippen LogP contribution < -0.4 is 9.47 Å². The van der Waals surface area contributed by atoms with Gasteiger partial charge in [0, 0.05) is 25.0 Å². The number of carbonyl (C=O) groups excluding carboxylic acids is 1. The molecule has 0 saturated carbocycles. The third kappa shape index (κ3) is 1.70. The number of carbonyl (C=O) groups is 1. The van der Waals surface area contributed by atoms with E-state index in [0.717, 1.165) is 28.0 Å². The van der Waals surface area contributed by atoms with Crippen LogP contribution in [0.5, 0.6) is 11.5 Å². The summed E-state index contributed by atoms with van der Waals surface area (Å²) in [5.74, 6) is 0.900. The van der Waals surface area contributed by atoms with Gasteiger partial charge in [-0.1, -0.05) is 0 Å². The van der Waals surface area contributed by atoms with E-state index < -0.39 is 5.79 Å². The predicted octanol–water partition coefficient (Wildman–Crippen LogP) is 3.32. The molecule has 92 valence electrons. The Morgan fingerprint density at radius 2 is 1.41 bits per heavy atom. The first-order chi connectivity index (χ1) is 7.74. The van der Waals surface area contributed by atoms with E-state index in [-0.39, 0.29) is 5.78 Å². The molecule has 0 unspecified atom stereocenters. The Kier molecular flexibility index (Phi) is 2.45. The smallest absolute Gasteiger partial charge is 0.246 e. The van der Waals surface area contributed by atoms with Gasteiger partial charge in [-0.2, -0.15) is 0 Å². The van der Waals surface area contributed by atoms with Gasteiger partial charge in [-0.05, 0) is 38.8 Å². The summed E-state index contributed by atoms with van der Waals surface area (Å²) in [6.07, 6.45) is 0. The minimum atomic E-state index is -0.653. The second-order valence-electron chi connectivity index (χ2n) is 5.07. The van der Waals surface area contributed by atoms with Crippen LogP contribution in [0.2, 0.25) is 0 Å². The van der Waals surface area contributed by atoms with Crippen molar-refractivity contribution in [2.24, 2.45) is 0 Å². The normalized spacial score (nSPS) is 16.1. The lowest BCUT2D eigenvalue weighted by Gasteiger charge is -2.16. The van der Waals surface area contributed by atoms with E-state index in [9.17, 15) is 4.79 Å². The maximum absolute atomic E-state index is 11.7. The first kappa shape index (κ1) is 12.0. The second-order valence-corrected chi connectivity index (χ2v) is 5.07. The van der Waals surface area contributed by atoms with Crippen molar-refractivity contribution in [2.45, 2.75) is 47.3 Å². The van der Waals surface area contributed by atoms with Gasteiger partial charge in [0.2, 0.25) is 5.79 Å². The van der Waals surface area contributed by atoms with Crippen LogP contribution >= 0.6 is 0 Å². The number of fused-ring (bicyclic) bond motifs is 1. The first-order valence-electron chi connectivity index (χ1n) is 5.77. The highest BCUT2D eigenvalue weighted by molar-refractivity contribution is 5.98. The van der Waals surface area contributed by atoms with Crippen molar-refractivity contribution in [3.05, 3.63) is 22.3 Å². The molecular weight excluding hydrogens is 216 g/mol. The maximum atomic E-state index is 11.7. The van der Waals surface area contributed by atoms with E-state index in [0.29, 0.717) is 5.75 Å². The Morgan fingerprint density at radius 1 is 0.941 bits per heavy atom. The van der Waals surface area contributed by atoms with Crippen molar-refractivity contribution in [3.63, 3.8) is 0 Å². The Hall–Kier alpha value is -1.51. The van der Waals surface area contributed by atoms with Crippen molar-refractivity contribution in [3.8, 4) is 11.5 Å². The predicted molar refractivity (Wildman–Crippen MR) is 66.0 cm³/mol.